The SMILES string of the molecule is Cc1ccc(C)c(OCCNC(=O)N(Cc2ccccc2)C(C)C)c1. The van der Waals surface area contributed by atoms with Crippen molar-refractivity contribution in [2.75, 3.05) is 13.2 Å². The van der Waals surface area contributed by atoms with Crippen LogP contribution in [0, 0.1) is 13.8 Å². The number of nitrogens with zero attached hydrogens (tertiary/aromatic N) is 1. The van der Waals surface area contributed by atoms with E-state index in [-0.39, 0.29) is 12.1 Å². The Hall–Kier alpha value is -2.49. The monoisotopic (exact) mass is 340 g/mol. The molecule has 2 rings (SSSR count). The first kappa shape index (κ1) is 18.8. The molecule has 0 aromatic heterocycles. The first-order chi connectivity index (χ1) is 12.0. The summed E-state index contributed by atoms with van der Waals surface area (Å²) in [5.41, 5.74) is 3.39. The van der Waals surface area contributed by atoms with Gasteiger partial charge in [-0.25, -0.2) is 4.79 Å². The zero-order chi connectivity index (χ0) is 18.2. The van der Waals surface area contributed by atoms with E-state index < -0.39 is 0 Å². The molecule has 2 amide bonds. The zero-order valence-electron chi connectivity index (χ0n) is 15.6. The second-order valence-electron chi connectivity index (χ2n) is 6.56. The lowest BCUT2D eigenvalue weighted by Gasteiger charge is -2.27. The predicted molar refractivity (Wildman–Crippen MR) is 102 cm³/mol. The highest BCUT2D eigenvalue weighted by molar-refractivity contribution is 5.74. The summed E-state index contributed by atoms with van der Waals surface area (Å²) in [5.74, 6) is 0.874. The molecule has 0 aliphatic heterocycles. The normalized spacial score (nSPS) is 10.6. The third kappa shape index (κ3) is 5.82. The molecule has 0 saturated heterocycles. The molecule has 0 aliphatic carbocycles. The molecule has 0 unspecified atom stereocenters. The van der Waals surface area contributed by atoms with Crippen LogP contribution in [-0.2, 0) is 6.54 Å². The quantitative estimate of drug-likeness (QED) is 0.764. The summed E-state index contributed by atoms with van der Waals surface area (Å²) < 4.78 is 5.79. The Kier molecular flexibility index (Phi) is 6.87. The Morgan fingerprint density at radius 2 is 1.84 bits per heavy atom. The average molecular weight is 340 g/mol. The van der Waals surface area contributed by atoms with Crippen LogP contribution in [0.2, 0.25) is 0 Å². The van der Waals surface area contributed by atoms with Crippen LogP contribution in [0.25, 0.3) is 0 Å². The largest absolute Gasteiger partial charge is 0.491 e. The molecule has 0 fully saturated rings. The number of nitrogens with one attached hydrogen (secondary N) is 1. The first-order valence-electron chi connectivity index (χ1n) is 8.76. The minimum atomic E-state index is -0.0663. The van der Waals surface area contributed by atoms with Gasteiger partial charge in [-0.15, -0.1) is 0 Å². The third-order valence-corrected chi connectivity index (χ3v) is 4.06. The molecule has 0 saturated carbocycles. The minimum absolute atomic E-state index is 0.0663. The lowest BCUT2D eigenvalue weighted by molar-refractivity contribution is 0.177. The van der Waals surface area contributed by atoms with Crippen LogP contribution in [0.3, 0.4) is 0 Å². The van der Waals surface area contributed by atoms with Crippen molar-refractivity contribution in [1.82, 2.24) is 10.2 Å². The molecule has 4 heteroatoms. The van der Waals surface area contributed by atoms with E-state index >= 15 is 0 Å². The Labute approximate surface area is 150 Å². The van der Waals surface area contributed by atoms with Crippen molar-refractivity contribution < 1.29 is 9.53 Å². The molecular formula is C21H28N2O2. The number of urea groups is 1. The maximum Gasteiger partial charge on any atom is 0.318 e. The van der Waals surface area contributed by atoms with Gasteiger partial charge in [0.1, 0.15) is 12.4 Å². The molecule has 2 aromatic rings. The number of benzene rings is 2. The molecule has 4 nitrogen and oxygen atoms in total. The van der Waals surface area contributed by atoms with Gasteiger partial charge in [0.25, 0.3) is 0 Å². The summed E-state index contributed by atoms with van der Waals surface area (Å²) in [5, 5.41) is 2.95. The molecule has 0 atom stereocenters. The van der Waals surface area contributed by atoms with E-state index in [2.05, 4.69) is 11.4 Å². The summed E-state index contributed by atoms with van der Waals surface area (Å²) in [6, 6.07) is 16.2. The minimum Gasteiger partial charge on any atom is -0.491 e. The molecule has 0 bridgehead atoms. The summed E-state index contributed by atoms with van der Waals surface area (Å²) in [6.07, 6.45) is 0. The van der Waals surface area contributed by atoms with E-state index in [0.717, 1.165) is 16.9 Å². The van der Waals surface area contributed by atoms with E-state index in [1.807, 2.05) is 75.1 Å². The molecule has 25 heavy (non-hydrogen) atoms. The van der Waals surface area contributed by atoms with Crippen LogP contribution in [0.1, 0.15) is 30.5 Å². The standard InChI is InChI=1S/C21H28N2O2/c1-16(2)23(15-19-8-6-5-7-9-19)21(24)22-12-13-25-20-14-17(3)10-11-18(20)4/h5-11,14,16H,12-13,15H2,1-4H3,(H,22,24). The number of rotatable bonds is 7. The summed E-state index contributed by atoms with van der Waals surface area (Å²) >= 11 is 0. The fraction of sp³-hybridized carbons (Fsp3) is 0.381. The lowest BCUT2D eigenvalue weighted by atomic mass is 10.1. The van der Waals surface area contributed by atoms with E-state index in [1.165, 1.54) is 5.56 Å². The Morgan fingerprint density at radius 3 is 2.52 bits per heavy atom. The van der Waals surface area contributed by atoms with Crippen LogP contribution in [0.4, 0.5) is 4.79 Å². The molecule has 134 valence electrons. The highest BCUT2D eigenvalue weighted by Crippen LogP contribution is 2.18. The van der Waals surface area contributed by atoms with E-state index in [4.69, 9.17) is 4.74 Å². The van der Waals surface area contributed by atoms with Gasteiger partial charge in [-0.2, -0.15) is 0 Å². The second kappa shape index (κ2) is 9.11. The Balaban J connectivity index is 1.83. The summed E-state index contributed by atoms with van der Waals surface area (Å²) in [6.45, 7) is 9.63. The van der Waals surface area contributed by atoms with Gasteiger partial charge in [-0.1, -0.05) is 42.5 Å². The number of hydrogen-bond acceptors (Lipinski definition) is 2. The number of carbonyl (C=O) groups excluding carboxylic acids is 1. The van der Waals surface area contributed by atoms with Gasteiger partial charge in [-0.05, 0) is 50.5 Å². The predicted octanol–water partition coefficient (Wildman–Crippen LogP) is 4.30. The number of aryl methyl sites for hydroxylation is 2. The van der Waals surface area contributed by atoms with Crippen molar-refractivity contribution in [1.29, 1.82) is 0 Å². The van der Waals surface area contributed by atoms with Crippen LogP contribution < -0.4 is 10.1 Å². The van der Waals surface area contributed by atoms with Crippen LogP contribution in [-0.4, -0.2) is 30.1 Å². The van der Waals surface area contributed by atoms with Crippen LogP contribution in [0.5, 0.6) is 5.75 Å². The number of ether oxygens (including phenoxy) is 1. The van der Waals surface area contributed by atoms with Gasteiger partial charge in [0.2, 0.25) is 0 Å². The van der Waals surface area contributed by atoms with Crippen LogP contribution >= 0.6 is 0 Å². The molecule has 0 radical (unpaired) electrons. The highest BCUT2D eigenvalue weighted by Gasteiger charge is 2.16. The van der Waals surface area contributed by atoms with Crippen molar-refractivity contribution in [3.63, 3.8) is 0 Å². The number of hydrogen-bond donors (Lipinski definition) is 1. The van der Waals surface area contributed by atoms with Gasteiger partial charge in [-0.3, -0.25) is 0 Å². The Bertz CT molecular complexity index is 684. The fourth-order valence-electron chi connectivity index (χ4n) is 2.55. The zero-order valence-corrected chi connectivity index (χ0v) is 15.6. The van der Waals surface area contributed by atoms with Gasteiger partial charge >= 0.3 is 6.03 Å². The van der Waals surface area contributed by atoms with Crippen molar-refractivity contribution in [2.45, 2.75) is 40.3 Å². The molecule has 0 aliphatic rings. The maximum absolute atomic E-state index is 12.5. The molecule has 1 N–H and O–H groups in total. The molecule has 0 spiro atoms. The summed E-state index contributed by atoms with van der Waals surface area (Å²) in [7, 11) is 0. The molecule has 0 heterocycles. The van der Waals surface area contributed by atoms with Crippen molar-refractivity contribution in [3.05, 3.63) is 65.2 Å². The smallest absolute Gasteiger partial charge is 0.318 e. The van der Waals surface area contributed by atoms with E-state index in [0.29, 0.717) is 19.7 Å². The van der Waals surface area contributed by atoms with E-state index in [1.54, 1.807) is 0 Å². The fourth-order valence-corrected chi connectivity index (χ4v) is 2.55. The van der Waals surface area contributed by atoms with Crippen molar-refractivity contribution in [2.24, 2.45) is 0 Å². The van der Waals surface area contributed by atoms with Gasteiger partial charge in [0.15, 0.2) is 0 Å². The number of carbonyl (C=O) groups is 1. The van der Waals surface area contributed by atoms with Gasteiger partial charge in [0.05, 0.1) is 6.54 Å². The van der Waals surface area contributed by atoms with Crippen molar-refractivity contribution in [3.8, 4) is 5.75 Å². The topological polar surface area (TPSA) is 41.6 Å². The highest BCUT2D eigenvalue weighted by atomic mass is 16.5. The second-order valence-corrected chi connectivity index (χ2v) is 6.56. The Morgan fingerprint density at radius 1 is 1.12 bits per heavy atom. The van der Waals surface area contributed by atoms with Crippen LogP contribution in [0.15, 0.2) is 48.5 Å². The molecular weight excluding hydrogens is 312 g/mol. The third-order valence-electron chi connectivity index (χ3n) is 4.06. The summed E-state index contributed by atoms with van der Waals surface area (Å²) in [4.78, 5) is 14.3. The number of amides is 2. The molecule has 2 aromatic carbocycles. The van der Waals surface area contributed by atoms with Crippen molar-refractivity contribution >= 4 is 6.03 Å². The maximum atomic E-state index is 12.5. The van der Waals surface area contributed by atoms with Gasteiger partial charge in [0, 0.05) is 12.6 Å². The average Bonchev–Trinajstić information content (AvgIpc) is 2.60. The lowest BCUT2D eigenvalue weighted by Crippen LogP contribution is -2.44. The van der Waals surface area contributed by atoms with E-state index in [9.17, 15) is 4.79 Å². The van der Waals surface area contributed by atoms with Gasteiger partial charge < -0.3 is 15.0 Å². The first-order valence-corrected chi connectivity index (χ1v) is 8.76.